The molecule has 1 saturated carbocycles. The van der Waals surface area contributed by atoms with Gasteiger partial charge in [0.2, 0.25) is 0 Å². The van der Waals surface area contributed by atoms with Crippen LogP contribution in [0.15, 0.2) is 22.7 Å². The van der Waals surface area contributed by atoms with Crippen molar-refractivity contribution < 1.29 is 0 Å². The fourth-order valence-electron chi connectivity index (χ4n) is 3.12. The maximum absolute atomic E-state index is 3.56. The summed E-state index contributed by atoms with van der Waals surface area (Å²) in [6, 6.07) is 7.63. The van der Waals surface area contributed by atoms with E-state index in [2.05, 4.69) is 39.0 Å². The lowest BCUT2D eigenvalue weighted by Gasteiger charge is -2.33. The molecule has 0 spiro atoms. The summed E-state index contributed by atoms with van der Waals surface area (Å²) in [5.74, 6) is 0. The summed E-state index contributed by atoms with van der Waals surface area (Å²) >= 11 is 3.56. The van der Waals surface area contributed by atoms with Crippen LogP contribution in [-0.4, -0.2) is 17.5 Å². The van der Waals surface area contributed by atoms with Crippen LogP contribution in [0.4, 0.5) is 0 Å². The molecule has 0 N–H and O–H groups in total. The highest BCUT2D eigenvalue weighted by atomic mass is 79.9. The molecule has 0 radical (unpaired) electrons. The zero-order valence-corrected chi connectivity index (χ0v) is 11.2. The molecule has 1 fully saturated rings. The van der Waals surface area contributed by atoms with Gasteiger partial charge in [0.15, 0.2) is 0 Å². The summed E-state index contributed by atoms with van der Waals surface area (Å²) < 4.78 is 1.22. The lowest BCUT2D eigenvalue weighted by atomic mass is 9.98. The first-order chi connectivity index (χ1) is 7.83. The predicted molar refractivity (Wildman–Crippen MR) is 70.5 cm³/mol. The van der Waals surface area contributed by atoms with Crippen molar-refractivity contribution in [3.05, 3.63) is 33.8 Å². The van der Waals surface area contributed by atoms with Gasteiger partial charge in [0.1, 0.15) is 0 Å². The van der Waals surface area contributed by atoms with Crippen molar-refractivity contribution in [1.82, 2.24) is 4.90 Å². The Morgan fingerprint density at radius 1 is 1.12 bits per heavy atom. The SMILES string of the molecule is Brc1ccc2c(c1)CCN(C1CCCC1)C2. The maximum atomic E-state index is 3.56. The van der Waals surface area contributed by atoms with Gasteiger partial charge in [-0.25, -0.2) is 0 Å². The number of halogens is 1. The van der Waals surface area contributed by atoms with Crippen molar-refractivity contribution in [2.45, 2.75) is 44.7 Å². The largest absolute Gasteiger partial charge is 0.296 e. The van der Waals surface area contributed by atoms with Crippen molar-refractivity contribution in [2.75, 3.05) is 6.54 Å². The molecule has 86 valence electrons. The molecular weight excluding hydrogens is 262 g/mol. The van der Waals surface area contributed by atoms with E-state index in [0.717, 1.165) is 6.04 Å². The van der Waals surface area contributed by atoms with Gasteiger partial charge in [0.25, 0.3) is 0 Å². The Morgan fingerprint density at radius 3 is 2.75 bits per heavy atom. The van der Waals surface area contributed by atoms with Crippen LogP contribution in [0.3, 0.4) is 0 Å². The lowest BCUT2D eigenvalue weighted by Crippen LogP contribution is -2.37. The van der Waals surface area contributed by atoms with Gasteiger partial charge >= 0.3 is 0 Å². The highest BCUT2D eigenvalue weighted by Crippen LogP contribution is 2.29. The van der Waals surface area contributed by atoms with E-state index in [1.165, 1.54) is 49.7 Å². The Hall–Kier alpha value is -0.340. The minimum absolute atomic E-state index is 0.872. The summed E-state index contributed by atoms with van der Waals surface area (Å²) in [6.07, 6.45) is 6.95. The van der Waals surface area contributed by atoms with E-state index in [1.54, 1.807) is 11.1 Å². The van der Waals surface area contributed by atoms with Gasteiger partial charge < -0.3 is 0 Å². The second kappa shape index (κ2) is 4.50. The molecule has 0 atom stereocenters. The fraction of sp³-hybridized carbons (Fsp3) is 0.571. The van der Waals surface area contributed by atoms with Gasteiger partial charge in [-0.3, -0.25) is 4.90 Å². The molecule has 16 heavy (non-hydrogen) atoms. The Labute approximate surface area is 106 Å². The molecule has 0 amide bonds. The van der Waals surface area contributed by atoms with Crippen LogP contribution in [0.25, 0.3) is 0 Å². The van der Waals surface area contributed by atoms with Crippen molar-refractivity contribution in [3.8, 4) is 0 Å². The van der Waals surface area contributed by atoms with E-state index in [4.69, 9.17) is 0 Å². The molecular formula is C14H18BrN. The zero-order chi connectivity index (χ0) is 11.0. The van der Waals surface area contributed by atoms with Crippen LogP contribution >= 0.6 is 15.9 Å². The normalized spacial score (nSPS) is 22.3. The average molecular weight is 280 g/mol. The van der Waals surface area contributed by atoms with Gasteiger partial charge in [-0.1, -0.05) is 34.8 Å². The number of nitrogens with zero attached hydrogens (tertiary/aromatic N) is 1. The van der Waals surface area contributed by atoms with Crippen LogP contribution in [0, 0.1) is 0 Å². The van der Waals surface area contributed by atoms with Crippen molar-refractivity contribution in [1.29, 1.82) is 0 Å². The number of fused-ring (bicyclic) bond motifs is 1. The molecule has 0 bridgehead atoms. The maximum Gasteiger partial charge on any atom is 0.0239 e. The van der Waals surface area contributed by atoms with E-state index < -0.39 is 0 Å². The molecule has 0 aromatic heterocycles. The summed E-state index contributed by atoms with van der Waals surface area (Å²) in [5, 5.41) is 0. The van der Waals surface area contributed by atoms with E-state index in [-0.39, 0.29) is 0 Å². The quantitative estimate of drug-likeness (QED) is 0.757. The fourth-order valence-corrected chi connectivity index (χ4v) is 3.53. The number of rotatable bonds is 1. The van der Waals surface area contributed by atoms with Gasteiger partial charge in [0, 0.05) is 23.6 Å². The first-order valence-corrected chi connectivity index (χ1v) is 7.13. The van der Waals surface area contributed by atoms with Crippen LogP contribution < -0.4 is 0 Å². The Balaban J connectivity index is 1.78. The van der Waals surface area contributed by atoms with E-state index in [1.807, 2.05) is 0 Å². The second-order valence-corrected chi connectivity index (χ2v) is 5.99. The first kappa shape index (κ1) is 10.8. The van der Waals surface area contributed by atoms with Crippen LogP contribution in [0.2, 0.25) is 0 Å². The molecule has 1 aromatic carbocycles. The monoisotopic (exact) mass is 279 g/mol. The molecule has 1 heterocycles. The third kappa shape index (κ3) is 2.05. The summed E-state index contributed by atoms with van der Waals surface area (Å²) in [4.78, 5) is 2.70. The zero-order valence-electron chi connectivity index (χ0n) is 9.58. The van der Waals surface area contributed by atoms with Gasteiger partial charge in [-0.05, 0) is 42.5 Å². The third-order valence-corrected chi connectivity index (χ3v) is 4.54. The van der Waals surface area contributed by atoms with Crippen molar-refractivity contribution in [2.24, 2.45) is 0 Å². The highest BCUT2D eigenvalue weighted by Gasteiger charge is 2.25. The molecule has 2 heteroatoms. The molecule has 1 aromatic rings. The summed E-state index contributed by atoms with van der Waals surface area (Å²) in [6.45, 7) is 2.43. The average Bonchev–Trinajstić information content (AvgIpc) is 2.82. The predicted octanol–water partition coefficient (Wildman–Crippen LogP) is 3.75. The Bertz CT molecular complexity index is 382. The lowest BCUT2D eigenvalue weighted by molar-refractivity contribution is 0.181. The summed E-state index contributed by atoms with van der Waals surface area (Å²) in [5.41, 5.74) is 3.09. The molecule has 2 aliphatic rings. The van der Waals surface area contributed by atoms with Gasteiger partial charge in [0.05, 0.1) is 0 Å². The second-order valence-electron chi connectivity index (χ2n) is 5.07. The van der Waals surface area contributed by atoms with Gasteiger partial charge in [-0.15, -0.1) is 0 Å². The number of hydrogen-bond acceptors (Lipinski definition) is 1. The van der Waals surface area contributed by atoms with E-state index >= 15 is 0 Å². The molecule has 0 saturated heterocycles. The number of hydrogen-bond donors (Lipinski definition) is 0. The molecule has 1 aliphatic heterocycles. The topological polar surface area (TPSA) is 3.24 Å². The minimum atomic E-state index is 0.872. The minimum Gasteiger partial charge on any atom is -0.296 e. The van der Waals surface area contributed by atoms with Crippen LogP contribution in [0.1, 0.15) is 36.8 Å². The van der Waals surface area contributed by atoms with Crippen LogP contribution in [0.5, 0.6) is 0 Å². The number of benzene rings is 1. The van der Waals surface area contributed by atoms with E-state index in [0.29, 0.717) is 0 Å². The van der Waals surface area contributed by atoms with Crippen molar-refractivity contribution in [3.63, 3.8) is 0 Å². The van der Waals surface area contributed by atoms with Crippen molar-refractivity contribution >= 4 is 15.9 Å². The third-order valence-electron chi connectivity index (χ3n) is 4.05. The molecule has 1 nitrogen and oxygen atoms in total. The smallest absolute Gasteiger partial charge is 0.0239 e. The molecule has 1 aliphatic carbocycles. The first-order valence-electron chi connectivity index (χ1n) is 6.34. The van der Waals surface area contributed by atoms with Crippen LogP contribution in [-0.2, 0) is 13.0 Å². The highest BCUT2D eigenvalue weighted by molar-refractivity contribution is 9.10. The van der Waals surface area contributed by atoms with E-state index in [9.17, 15) is 0 Å². The Kier molecular flexibility index (Phi) is 3.03. The van der Waals surface area contributed by atoms with Gasteiger partial charge in [-0.2, -0.15) is 0 Å². The summed E-state index contributed by atoms with van der Waals surface area (Å²) in [7, 11) is 0. The Morgan fingerprint density at radius 2 is 1.94 bits per heavy atom. The molecule has 0 unspecified atom stereocenters. The standard InChI is InChI=1S/C14H18BrN/c15-13-6-5-12-10-16(8-7-11(12)9-13)14-3-1-2-4-14/h5-6,9,14H,1-4,7-8,10H2. The molecule has 3 rings (SSSR count).